The van der Waals surface area contributed by atoms with Crippen molar-refractivity contribution in [2.45, 2.75) is 0 Å². The molecule has 0 aliphatic heterocycles. The van der Waals surface area contributed by atoms with E-state index in [1.807, 2.05) is 24.3 Å². The standard InChI is InChI=1S/C39H24N2O2/c1-2-7-25(8-3-1)26-12-16-28(17-13-26)41(30-19-21-32-31-9-4-5-11-36(31)42-37(32)24-30)29-18-14-27-15-20-33-34-10-6-22-40-39(34)43-38(33)35(27)23-29/h1-24H. The van der Waals surface area contributed by atoms with Crippen molar-refractivity contribution in [1.82, 2.24) is 4.98 Å². The summed E-state index contributed by atoms with van der Waals surface area (Å²) in [5.41, 5.74) is 8.69. The number of furan rings is 2. The molecule has 9 rings (SSSR count). The molecule has 202 valence electrons. The summed E-state index contributed by atoms with van der Waals surface area (Å²) in [4.78, 5) is 6.75. The van der Waals surface area contributed by atoms with Gasteiger partial charge in [-0.15, -0.1) is 0 Å². The molecule has 4 nitrogen and oxygen atoms in total. The molecule has 43 heavy (non-hydrogen) atoms. The quantitative estimate of drug-likeness (QED) is 0.218. The SMILES string of the molecule is c1ccc(-c2ccc(N(c3ccc4c(c3)oc3ccccc34)c3ccc4ccc5c6cccnc6oc5c4c3)cc2)cc1. The third-order valence-corrected chi connectivity index (χ3v) is 8.33. The van der Waals surface area contributed by atoms with Gasteiger partial charge in [0.25, 0.3) is 0 Å². The lowest BCUT2D eigenvalue weighted by Gasteiger charge is -2.26. The Morgan fingerprint density at radius 2 is 1.12 bits per heavy atom. The number of aromatic nitrogens is 1. The van der Waals surface area contributed by atoms with Gasteiger partial charge in [0.2, 0.25) is 5.71 Å². The van der Waals surface area contributed by atoms with E-state index in [2.05, 4.69) is 125 Å². The van der Waals surface area contributed by atoms with Crippen LogP contribution in [0, 0.1) is 0 Å². The van der Waals surface area contributed by atoms with E-state index in [4.69, 9.17) is 8.83 Å². The van der Waals surface area contributed by atoms with E-state index >= 15 is 0 Å². The number of hydrogen-bond acceptors (Lipinski definition) is 4. The van der Waals surface area contributed by atoms with Crippen LogP contribution < -0.4 is 4.90 Å². The molecule has 0 fully saturated rings. The number of benzene rings is 6. The molecular weight excluding hydrogens is 528 g/mol. The van der Waals surface area contributed by atoms with Gasteiger partial charge >= 0.3 is 0 Å². The predicted octanol–water partition coefficient (Wildman–Crippen LogP) is 11.2. The second-order valence-electron chi connectivity index (χ2n) is 10.8. The van der Waals surface area contributed by atoms with Crippen LogP contribution in [-0.4, -0.2) is 4.98 Å². The van der Waals surface area contributed by atoms with Gasteiger partial charge in [-0.3, -0.25) is 0 Å². The smallest absolute Gasteiger partial charge is 0.227 e. The van der Waals surface area contributed by atoms with E-state index in [0.717, 1.165) is 66.1 Å². The van der Waals surface area contributed by atoms with E-state index < -0.39 is 0 Å². The molecule has 0 saturated carbocycles. The lowest BCUT2D eigenvalue weighted by atomic mass is 10.0. The summed E-state index contributed by atoms with van der Waals surface area (Å²) in [5, 5.41) is 6.47. The number of pyridine rings is 1. The second-order valence-corrected chi connectivity index (χ2v) is 10.8. The third-order valence-electron chi connectivity index (χ3n) is 8.33. The van der Waals surface area contributed by atoms with Crippen molar-refractivity contribution in [3.8, 4) is 11.1 Å². The highest BCUT2D eigenvalue weighted by Crippen LogP contribution is 2.41. The van der Waals surface area contributed by atoms with Crippen LogP contribution in [0.15, 0.2) is 155 Å². The molecule has 0 atom stereocenters. The van der Waals surface area contributed by atoms with E-state index in [1.54, 1.807) is 6.20 Å². The fraction of sp³-hybridized carbons (Fsp3) is 0. The van der Waals surface area contributed by atoms with Gasteiger partial charge in [-0.1, -0.05) is 72.8 Å². The predicted molar refractivity (Wildman–Crippen MR) is 176 cm³/mol. The third kappa shape index (κ3) is 3.81. The van der Waals surface area contributed by atoms with Gasteiger partial charge in [0.05, 0.1) is 0 Å². The maximum atomic E-state index is 6.32. The molecule has 0 aliphatic rings. The molecule has 9 aromatic rings. The fourth-order valence-electron chi connectivity index (χ4n) is 6.25. The molecule has 0 bridgehead atoms. The van der Waals surface area contributed by atoms with Crippen molar-refractivity contribution in [2.75, 3.05) is 4.90 Å². The first kappa shape index (κ1) is 23.8. The maximum absolute atomic E-state index is 6.32. The first-order chi connectivity index (χ1) is 21.3. The number of rotatable bonds is 4. The Balaban J connectivity index is 1.26. The highest BCUT2D eigenvalue weighted by Gasteiger charge is 2.18. The van der Waals surface area contributed by atoms with E-state index in [0.29, 0.717) is 5.71 Å². The molecule has 0 radical (unpaired) electrons. The molecule has 0 amide bonds. The van der Waals surface area contributed by atoms with Gasteiger partial charge in [-0.25, -0.2) is 4.98 Å². The van der Waals surface area contributed by atoms with Crippen LogP contribution in [0.4, 0.5) is 17.1 Å². The van der Waals surface area contributed by atoms with Gasteiger partial charge < -0.3 is 13.7 Å². The molecule has 3 aromatic heterocycles. The van der Waals surface area contributed by atoms with Gasteiger partial charge in [-0.05, 0) is 77.2 Å². The zero-order chi connectivity index (χ0) is 28.3. The van der Waals surface area contributed by atoms with Gasteiger partial charge in [0.1, 0.15) is 16.7 Å². The monoisotopic (exact) mass is 552 g/mol. The maximum Gasteiger partial charge on any atom is 0.227 e. The molecule has 0 N–H and O–H groups in total. The van der Waals surface area contributed by atoms with Crippen LogP contribution in [0.2, 0.25) is 0 Å². The van der Waals surface area contributed by atoms with Crippen LogP contribution in [0.25, 0.3) is 65.9 Å². The average molecular weight is 553 g/mol. The average Bonchev–Trinajstić information content (AvgIpc) is 3.64. The fourth-order valence-corrected chi connectivity index (χ4v) is 6.25. The second kappa shape index (κ2) is 9.33. The lowest BCUT2D eigenvalue weighted by Crippen LogP contribution is -2.09. The van der Waals surface area contributed by atoms with Gasteiger partial charge in [-0.2, -0.15) is 0 Å². The number of hydrogen-bond donors (Lipinski definition) is 0. The molecule has 4 heteroatoms. The van der Waals surface area contributed by atoms with Crippen molar-refractivity contribution >= 4 is 71.8 Å². The zero-order valence-corrected chi connectivity index (χ0v) is 23.1. The summed E-state index contributed by atoms with van der Waals surface area (Å²) in [6.45, 7) is 0. The molecule has 3 heterocycles. The molecule has 0 aliphatic carbocycles. The first-order valence-corrected chi connectivity index (χ1v) is 14.4. The van der Waals surface area contributed by atoms with Crippen LogP contribution >= 0.6 is 0 Å². The van der Waals surface area contributed by atoms with Crippen molar-refractivity contribution in [3.63, 3.8) is 0 Å². The molecule has 0 saturated heterocycles. The van der Waals surface area contributed by atoms with Crippen molar-refractivity contribution in [3.05, 3.63) is 146 Å². The molecule has 6 aromatic carbocycles. The minimum atomic E-state index is 0.652. The summed E-state index contributed by atoms with van der Waals surface area (Å²) in [7, 11) is 0. The Morgan fingerprint density at radius 1 is 0.442 bits per heavy atom. The Hall–Kier alpha value is -5.87. The van der Waals surface area contributed by atoms with Gasteiger partial charge in [0.15, 0.2) is 0 Å². The van der Waals surface area contributed by atoms with Crippen molar-refractivity contribution in [2.24, 2.45) is 0 Å². The van der Waals surface area contributed by atoms with Crippen molar-refractivity contribution < 1.29 is 8.83 Å². The minimum absolute atomic E-state index is 0.652. The number of fused-ring (bicyclic) bond motifs is 8. The first-order valence-electron chi connectivity index (χ1n) is 14.4. The zero-order valence-electron chi connectivity index (χ0n) is 23.1. The lowest BCUT2D eigenvalue weighted by molar-refractivity contribution is 0.657. The van der Waals surface area contributed by atoms with E-state index in [-0.39, 0.29) is 0 Å². The molecule has 0 spiro atoms. The highest BCUT2D eigenvalue weighted by atomic mass is 16.3. The summed E-state index contributed by atoms with van der Waals surface area (Å²) >= 11 is 0. The van der Waals surface area contributed by atoms with Crippen LogP contribution in [0.5, 0.6) is 0 Å². The van der Waals surface area contributed by atoms with Crippen molar-refractivity contribution in [1.29, 1.82) is 0 Å². The summed E-state index contributed by atoms with van der Waals surface area (Å²) in [5.74, 6) is 0. The Kier molecular flexibility index (Phi) is 5.16. The summed E-state index contributed by atoms with van der Waals surface area (Å²) in [6.07, 6.45) is 1.77. The summed E-state index contributed by atoms with van der Waals surface area (Å²) in [6, 6.07) is 48.7. The van der Waals surface area contributed by atoms with Crippen LogP contribution in [-0.2, 0) is 0 Å². The number of para-hydroxylation sites is 1. The van der Waals surface area contributed by atoms with E-state index in [1.165, 1.54) is 11.1 Å². The number of nitrogens with zero attached hydrogens (tertiary/aromatic N) is 2. The molecular formula is C39H24N2O2. The Labute approximate surface area is 247 Å². The van der Waals surface area contributed by atoms with Crippen LogP contribution in [0.1, 0.15) is 0 Å². The Morgan fingerprint density at radius 3 is 2.02 bits per heavy atom. The highest BCUT2D eigenvalue weighted by molar-refractivity contribution is 6.15. The minimum Gasteiger partial charge on any atom is -0.456 e. The van der Waals surface area contributed by atoms with E-state index in [9.17, 15) is 0 Å². The normalized spacial score (nSPS) is 11.7. The van der Waals surface area contributed by atoms with Crippen LogP contribution in [0.3, 0.4) is 0 Å². The largest absolute Gasteiger partial charge is 0.456 e. The number of anilines is 3. The summed E-state index contributed by atoms with van der Waals surface area (Å²) < 4.78 is 12.6. The topological polar surface area (TPSA) is 42.4 Å². The Bertz CT molecular complexity index is 2450. The molecule has 0 unspecified atom stereocenters. The van der Waals surface area contributed by atoms with Gasteiger partial charge in [0, 0.05) is 56.3 Å².